The van der Waals surface area contributed by atoms with Crippen LogP contribution >= 0.6 is 0 Å². The van der Waals surface area contributed by atoms with Gasteiger partial charge in [-0.15, -0.1) is 0 Å². The highest BCUT2D eigenvalue weighted by Gasteiger charge is 2.44. The Morgan fingerprint density at radius 3 is 0.567 bits per heavy atom. The molecule has 5 heterocycles. The average Bonchev–Trinajstić information content (AvgIpc) is 0.824. The lowest BCUT2D eigenvalue weighted by molar-refractivity contribution is -0.0810. The molecule has 5 rings (SSSR count). The summed E-state index contributed by atoms with van der Waals surface area (Å²) in [4.78, 5) is 193. The second-order valence-corrected chi connectivity index (χ2v) is 42.4. The van der Waals surface area contributed by atoms with E-state index in [1.807, 2.05) is 118 Å². The largest absolute Gasteiger partial charge is 0.500 e. The number of hydrogen-bond donors (Lipinski definition) is 5. The normalized spacial score (nSPS) is 11.9. The predicted molar refractivity (Wildman–Crippen MR) is 521 cm³/mol. The van der Waals surface area contributed by atoms with Crippen molar-refractivity contribution in [1.82, 2.24) is 70.6 Å². The first kappa shape index (κ1) is 131. The van der Waals surface area contributed by atoms with Gasteiger partial charge in [-0.05, 0) is 156 Å². The number of hydrogen-bond acceptors (Lipinski definition) is 40. The molecule has 141 heavy (non-hydrogen) atoms. The second kappa shape index (κ2) is 75.8. The first-order valence-electron chi connectivity index (χ1n) is 47.6. The molecule has 0 aliphatic carbocycles. The summed E-state index contributed by atoms with van der Waals surface area (Å²) >= 11 is 0. The number of ether oxygens (including phenoxy) is 10. The summed E-state index contributed by atoms with van der Waals surface area (Å²) in [7, 11) is -11.5. The van der Waals surface area contributed by atoms with Crippen molar-refractivity contribution < 1.29 is 114 Å². The molecule has 0 saturated heterocycles. The van der Waals surface area contributed by atoms with E-state index >= 15 is 0 Å². The minimum atomic E-state index is -2.88. The fourth-order valence-electron chi connectivity index (χ4n) is 13.1. The van der Waals surface area contributed by atoms with Crippen LogP contribution in [0.4, 0.5) is 0 Å². The molecule has 0 atom stereocenters. The Balaban J connectivity index is 0.000000881. The van der Waals surface area contributed by atoms with E-state index in [4.69, 9.17) is 114 Å². The molecule has 5 aromatic rings. The van der Waals surface area contributed by atoms with Crippen molar-refractivity contribution in [2.75, 3.05) is 180 Å². The highest BCUT2D eigenvalue weighted by Crippen LogP contribution is 2.23. The maximum Gasteiger partial charge on any atom is 0.500 e. The highest BCUT2D eigenvalue weighted by molar-refractivity contribution is 6.62. The Morgan fingerprint density at radius 2 is 0.376 bits per heavy atom. The Kier molecular flexibility index (Phi) is 70.5. The lowest BCUT2D eigenvalue weighted by atomic mass is 10.5. The van der Waals surface area contributed by atoms with E-state index in [9.17, 15) is 71.9 Å². The molecule has 0 amide bonds. The predicted octanol–water partition coefficient (Wildman–Crippen LogP) is 0.219. The van der Waals surface area contributed by atoms with Gasteiger partial charge in [0.05, 0.1) is 26.4 Å². The van der Waals surface area contributed by atoms with Crippen LogP contribution in [-0.2, 0) is 180 Å². The van der Waals surface area contributed by atoms with E-state index in [1.165, 1.54) is 14.2 Å². The number of aromatic amines is 5. The maximum absolute atomic E-state index is 12.6. The molecule has 0 unspecified atom stereocenters. The summed E-state index contributed by atoms with van der Waals surface area (Å²) in [5.41, 5.74) is -11.7. The zero-order valence-electron chi connectivity index (χ0n) is 85.8. The van der Waals surface area contributed by atoms with Crippen molar-refractivity contribution in [3.63, 3.8) is 0 Å². The van der Waals surface area contributed by atoms with Gasteiger partial charge in [-0.1, -0.05) is 6.92 Å². The number of H-pyrrole nitrogens is 5. The van der Waals surface area contributed by atoms with Crippen molar-refractivity contribution in [3.05, 3.63) is 157 Å². The van der Waals surface area contributed by atoms with Crippen molar-refractivity contribution in [2.24, 2.45) is 0 Å². The Morgan fingerprint density at radius 1 is 0.191 bits per heavy atom. The molecule has 0 saturated carbocycles. The van der Waals surface area contributed by atoms with E-state index < -0.39 is 129 Å². The number of nitrogens with one attached hydrogen (secondary N) is 5. The topological polar surface area (TPSA) is 615 Å². The zero-order valence-corrected chi connectivity index (χ0v) is 90.8. The smallest absolute Gasteiger partial charge is 0.382 e. The molecule has 0 radical (unpaired) electrons. The van der Waals surface area contributed by atoms with Crippen LogP contribution in [0.25, 0.3) is 0 Å². The van der Waals surface area contributed by atoms with Crippen LogP contribution in [0.1, 0.15) is 163 Å². The molecular formula is C81H157N15O40Si5. The van der Waals surface area contributed by atoms with Crippen LogP contribution in [0.3, 0.4) is 0 Å². The monoisotopic (exact) mass is 2120 g/mol. The maximum atomic E-state index is 12.6. The van der Waals surface area contributed by atoms with Gasteiger partial charge in [-0.3, -0.25) is 24.9 Å². The Hall–Kier alpha value is -7.87. The van der Waals surface area contributed by atoms with Gasteiger partial charge in [-0.2, -0.15) is 0 Å². The van der Waals surface area contributed by atoms with Gasteiger partial charge in [0.1, 0.15) is 54.0 Å². The third-order valence-electron chi connectivity index (χ3n) is 18.8. The molecule has 60 heteroatoms. The first-order chi connectivity index (χ1) is 67.7. The number of aromatic nitrogens is 15. The molecule has 0 bridgehead atoms. The number of nitrogens with zero attached hydrogens (tertiary/aromatic N) is 10. The van der Waals surface area contributed by atoms with Crippen molar-refractivity contribution in [3.8, 4) is 0 Å². The molecule has 816 valence electrons. The fourth-order valence-corrected chi connectivity index (χ4v) is 26.1. The summed E-state index contributed by atoms with van der Waals surface area (Å²) in [6, 6.07) is 2.20. The summed E-state index contributed by atoms with van der Waals surface area (Å²) in [5.74, 6) is 0. The molecule has 55 nitrogen and oxygen atoms in total. The number of methoxy groups -OCH3 is 2. The average molecular weight is 2120 g/mol. The summed E-state index contributed by atoms with van der Waals surface area (Å²) in [5, 5.41) is 0. The van der Waals surface area contributed by atoms with E-state index in [0.29, 0.717) is 194 Å². The highest BCUT2D eigenvalue weighted by atomic mass is 28.4. The lowest BCUT2D eigenvalue weighted by Crippen LogP contribution is -2.50. The Labute approximate surface area is 821 Å². The molecule has 0 aliphatic heterocycles. The van der Waals surface area contributed by atoms with E-state index in [2.05, 4.69) is 24.9 Å². The third kappa shape index (κ3) is 47.0. The zero-order chi connectivity index (χ0) is 106. The van der Waals surface area contributed by atoms with Gasteiger partial charge in [0.2, 0.25) is 0 Å². The lowest BCUT2D eigenvalue weighted by Gasteiger charge is -2.28. The summed E-state index contributed by atoms with van der Waals surface area (Å²) < 4.78 is 146. The standard InChI is InChI=1S/2C17H33N3O8Si.2C16H31N3O8Si.C15H29N3O8Si/c1-5-24-11-12-25-14-20-16(22)18-15(21)19(17(20)23)10-9-13-29(26-6-2,27-7-3)28-8-4;1-5-11-24-14-25-13-20-16(22)18-15(21)19(17(20)23)10-9-12-29(26-6-2,27-7-3)28-8-4;1-5-25-28(26-6-2,27-7-3)12-8-9-18-14(20)17-15(21)19(16(18)22)13-24-11-10-23-4;1-5-23-13-24-12-19-15(21)17-14(20)18(16(19)22)10-9-11-28(25-6-2,26-7-3)27-8-4;1-5-24-27(25-6-2,26-7-3)10-8-9-17-13(19)16-14(20)18(15(17)21)11-23-12-22-4/h2*5-14H2,1-4H3,(H,18,21,22);2*5-13H2,1-4H3,(H,17,20,21);5-12H2,1-4H3,(H,16,19,20). The van der Waals surface area contributed by atoms with E-state index in [1.54, 1.807) is 6.92 Å². The minimum absolute atomic E-state index is 0.0516. The third-order valence-corrected chi connectivity index (χ3v) is 34.6. The van der Waals surface area contributed by atoms with Crippen LogP contribution in [0, 0.1) is 0 Å². The Bertz CT molecular complexity index is 4860. The fraction of sp³-hybridized carbons (Fsp3) is 0.815. The first-order valence-corrected chi connectivity index (χ1v) is 57.3. The van der Waals surface area contributed by atoms with Gasteiger partial charge < -0.3 is 114 Å². The van der Waals surface area contributed by atoms with Crippen LogP contribution in [0.5, 0.6) is 0 Å². The van der Waals surface area contributed by atoms with Gasteiger partial charge in [0.25, 0.3) is 0 Å². The quantitative estimate of drug-likeness (QED) is 0.0197. The molecule has 0 aromatic carbocycles. The van der Waals surface area contributed by atoms with Crippen LogP contribution in [0.2, 0.25) is 30.2 Å². The van der Waals surface area contributed by atoms with Gasteiger partial charge in [0, 0.05) is 196 Å². The van der Waals surface area contributed by atoms with E-state index in [-0.39, 0.29) is 100.0 Å². The van der Waals surface area contributed by atoms with Crippen molar-refractivity contribution in [2.45, 2.75) is 260 Å². The van der Waals surface area contributed by atoms with Crippen LogP contribution in [0.15, 0.2) is 71.9 Å². The molecule has 0 aliphatic rings. The summed E-state index contributed by atoms with van der Waals surface area (Å²) in [6.07, 6.45) is 2.88. The van der Waals surface area contributed by atoms with Gasteiger partial charge in [0.15, 0.2) is 0 Å². The van der Waals surface area contributed by atoms with Gasteiger partial charge in [-0.25, -0.2) is 118 Å². The van der Waals surface area contributed by atoms with Gasteiger partial charge >= 0.3 is 129 Å². The van der Waals surface area contributed by atoms with E-state index in [0.717, 1.165) is 52.1 Å². The molecule has 5 aromatic heterocycles. The second-order valence-electron chi connectivity index (χ2n) is 28.7. The molecule has 0 spiro atoms. The SMILES string of the molecule is CCCOCOCn1c(=O)[nH]c(=O)n(CCC[Si](OCC)(OCC)OCC)c1=O.CCOCCOCn1c(=O)[nH]c(=O)n(CCC[Si](OCC)(OCC)OCC)c1=O.CCOCOCn1c(=O)[nH]c(=O)n(CCC[Si](OCC)(OCC)OCC)c1=O.CCO[Si](CCCn1c(=O)[nH]c(=O)n(COCCOC)c1=O)(OCC)OCC.CCO[Si](CCCn1c(=O)[nH]c(=O)n(COCOC)c1=O)(OCC)OCC. The van der Waals surface area contributed by atoms with Crippen LogP contribution in [-0.4, -0.2) is 295 Å². The van der Waals surface area contributed by atoms with Crippen molar-refractivity contribution >= 4 is 44.0 Å². The van der Waals surface area contributed by atoms with Crippen molar-refractivity contribution in [1.29, 1.82) is 0 Å². The number of rotatable bonds is 76. The molecule has 5 N–H and O–H groups in total. The van der Waals surface area contributed by atoms with Crippen LogP contribution < -0.4 is 85.3 Å². The molecular weight excluding hydrogens is 1960 g/mol. The molecule has 0 fully saturated rings. The summed E-state index contributed by atoms with van der Waals surface area (Å²) in [6.45, 7) is 41.4. The minimum Gasteiger partial charge on any atom is -0.382 e.